The second kappa shape index (κ2) is 5.28. The summed E-state index contributed by atoms with van der Waals surface area (Å²) in [7, 11) is 4.23. The van der Waals surface area contributed by atoms with Crippen LogP contribution in [0.5, 0.6) is 0 Å². The normalized spacial score (nSPS) is 34.2. The Balaban J connectivity index is 0. The predicted octanol–water partition coefficient (Wildman–Crippen LogP) is 1.66. The summed E-state index contributed by atoms with van der Waals surface area (Å²) in [5.74, 6) is 0. The highest BCUT2D eigenvalue weighted by atomic mass is 35.5. The molecule has 2 atom stereocenters. The number of likely N-dealkylation sites (N-methyl/N-ethyl adjacent to an activating group) is 1. The Hall–Kier alpha value is 0.500. The third kappa shape index (κ3) is 2.49. The highest BCUT2D eigenvalue weighted by Crippen LogP contribution is 2.31. The fourth-order valence-corrected chi connectivity index (χ4v) is 1.73. The summed E-state index contributed by atoms with van der Waals surface area (Å²) in [4.78, 5) is 2.25. The molecule has 2 N–H and O–H groups in total. The number of hydrogen-bond acceptors (Lipinski definition) is 2. The van der Waals surface area contributed by atoms with E-state index < -0.39 is 0 Å². The van der Waals surface area contributed by atoms with Gasteiger partial charge >= 0.3 is 0 Å². The van der Waals surface area contributed by atoms with Crippen LogP contribution in [0.4, 0.5) is 0 Å². The summed E-state index contributed by atoms with van der Waals surface area (Å²) < 4.78 is 0. The first-order valence-corrected chi connectivity index (χ1v) is 4.00. The Bertz CT molecular complexity index is 130. The third-order valence-electron chi connectivity index (χ3n) is 3.02. The summed E-state index contributed by atoms with van der Waals surface area (Å²) in [5, 5.41) is 0. The van der Waals surface area contributed by atoms with Crippen molar-refractivity contribution < 1.29 is 0 Å². The first-order chi connectivity index (χ1) is 4.57. The van der Waals surface area contributed by atoms with Crippen LogP contribution in [-0.2, 0) is 0 Å². The Morgan fingerprint density at radius 3 is 2.00 bits per heavy atom. The van der Waals surface area contributed by atoms with Gasteiger partial charge in [-0.25, -0.2) is 0 Å². The lowest BCUT2D eigenvalue weighted by atomic mass is 9.95. The largest absolute Gasteiger partial charge is 0.326 e. The highest BCUT2D eigenvalue weighted by molar-refractivity contribution is 5.85. The van der Waals surface area contributed by atoms with Crippen LogP contribution in [0.25, 0.3) is 0 Å². The first-order valence-electron chi connectivity index (χ1n) is 4.00. The van der Waals surface area contributed by atoms with Gasteiger partial charge in [0.25, 0.3) is 0 Å². The number of hydrogen-bond donors (Lipinski definition) is 1. The summed E-state index contributed by atoms with van der Waals surface area (Å²) in [6, 6.07) is 0.377. The molecule has 1 aliphatic rings. The summed E-state index contributed by atoms with van der Waals surface area (Å²) in [6.07, 6.45) is 3.73. The summed E-state index contributed by atoms with van der Waals surface area (Å²) in [6.45, 7) is 2.25. The molecule has 0 aromatic carbocycles. The van der Waals surface area contributed by atoms with Crippen molar-refractivity contribution in [1.29, 1.82) is 0 Å². The van der Waals surface area contributed by atoms with Crippen LogP contribution >= 0.6 is 24.8 Å². The molecule has 0 aromatic rings. The van der Waals surface area contributed by atoms with E-state index in [4.69, 9.17) is 5.73 Å². The number of nitrogens with two attached hydrogens (primary N) is 1. The first kappa shape index (κ1) is 15.0. The average molecular weight is 215 g/mol. The predicted molar refractivity (Wildman–Crippen MR) is 58.4 cm³/mol. The molecule has 1 fully saturated rings. The molecule has 0 heterocycles. The number of halogens is 2. The van der Waals surface area contributed by atoms with Gasteiger partial charge in [0.2, 0.25) is 0 Å². The fourth-order valence-electron chi connectivity index (χ4n) is 1.73. The summed E-state index contributed by atoms with van der Waals surface area (Å²) in [5.41, 5.74) is 6.24. The van der Waals surface area contributed by atoms with Crippen LogP contribution in [0.3, 0.4) is 0 Å². The lowest BCUT2D eigenvalue weighted by Crippen LogP contribution is -2.51. The zero-order valence-electron chi connectivity index (χ0n) is 8.04. The van der Waals surface area contributed by atoms with Crippen LogP contribution in [-0.4, -0.2) is 30.6 Å². The molecule has 0 amide bonds. The lowest BCUT2D eigenvalue weighted by molar-refractivity contribution is 0.160. The molecule has 1 rings (SSSR count). The van der Waals surface area contributed by atoms with E-state index in [9.17, 15) is 0 Å². The molecule has 4 heteroatoms. The quantitative estimate of drug-likeness (QED) is 0.720. The Kier molecular flexibility index (Phi) is 6.59. The second-order valence-electron chi connectivity index (χ2n) is 3.75. The van der Waals surface area contributed by atoms with Crippen molar-refractivity contribution in [3.8, 4) is 0 Å². The van der Waals surface area contributed by atoms with Gasteiger partial charge in [0.1, 0.15) is 0 Å². The lowest BCUT2D eigenvalue weighted by Gasteiger charge is -2.36. The maximum atomic E-state index is 5.97. The monoisotopic (exact) mass is 214 g/mol. The minimum atomic E-state index is 0. The second-order valence-corrected chi connectivity index (χ2v) is 3.75. The van der Waals surface area contributed by atoms with Gasteiger partial charge in [0, 0.05) is 11.6 Å². The summed E-state index contributed by atoms with van der Waals surface area (Å²) >= 11 is 0. The molecule has 0 aromatic heterocycles. The van der Waals surface area contributed by atoms with Gasteiger partial charge in [-0.1, -0.05) is 0 Å². The standard InChI is InChI=1S/C8H18N2.2ClH/c1-8(10(2)3)6-4-5-7(8)9;;/h7H,4-6,9H2,1-3H3;2*1H/t7-,8-;;/m0../s1. The molecular weight excluding hydrogens is 195 g/mol. The van der Waals surface area contributed by atoms with Crippen molar-refractivity contribution in [3.63, 3.8) is 0 Å². The van der Waals surface area contributed by atoms with Gasteiger partial charge in [-0.15, -0.1) is 24.8 Å². The van der Waals surface area contributed by atoms with Crippen LogP contribution in [0.1, 0.15) is 26.2 Å². The van der Waals surface area contributed by atoms with E-state index in [0.717, 1.165) is 0 Å². The van der Waals surface area contributed by atoms with Crippen LogP contribution in [0.2, 0.25) is 0 Å². The fraction of sp³-hybridized carbons (Fsp3) is 1.00. The molecule has 0 bridgehead atoms. The van der Waals surface area contributed by atoms with E-state index in [2.05, 4.69) is 25.9 Å². The minimum Gasteiger partial charge on any atom is -0.326 e. The van der Waals surface area contributed by atoms with Crippen molar-refractivity contribution in [2.45, 2.75) is 37.8 Å². The average Bonchev–Trinajstić information content (AvgIpc) is 2.15. The third-order valence-corrected chi connectivity index (χ3v) is 3.02. The zero-order valence-corrected chi connectivity index (χ0v) is 9.67. The van der Waals surface area contributed by atoms with Gasteiger partial charge in [0.05, 0.1) is 0 Å². The van der Waals surface area contributed by atoms with Crippen LogP contribution < -0.4 is 5.73 Å². The Labute approximate surface area is 87.7 Å². The Morgan fingerprint density at radius 1 is 1.33 bits per heavy atom. The van der Waals surface area contributed by atoms with E-state index in [-0.39, 0.29) is 30.4 Å². The van der Waals surface area contributed by atoms with E-state index in [1.165, 1.54) is 19.3 Å². The van der Waals surface area contributed by atoms with E-state index in [1.807, 2.05) is 0 Å². The molecule has 1 saturated carbocycles. The minimum absolute atomic E-state index is 0. The van der Waals surface area contributed by atoms with E-state index in [1.54, 1.807) is 0 Å². The maximum Gasteiger partial charge on any atom is 0.0326 e. The molecular formula is C8H20Cl2N2. The SMILES string of the molecule is CN(C)[C@@]1(C)CCC[C@@H]1N.Cl.Cl. The molecule has 0 aliphatic heterocycles. The topological polar surface area (TPSA) is 29.3 Å². The van der Waals surface area contributed by atoms with E-state index >= 15 is 0 Å². The van der Waals surface area contributed by atoms with E-state index in [0.29, 0.717) is 6.04 Å². The van der Waals surface area contributed by atoms with Crippen LogP contribution in [0.15, 0.2) is 0 Å². The van der Waals surface area contributed by atoms with Gasteiger partial charge in [0.15, 0.2) is 0 Å². The van der Waals surface area contributed by atoms with Gasteiger partial charge in [-0.05, 0) is 40.3 Å². The number of nitrogens with zero attached hydrogens (tertiary/aromatic N) is 1. The highest BCUT2D eigenvalue weighted by Gasteiger charge is 2.37. The molecule has 0 unspecified atom stereocenters. The Morgan fingerprint density at radius 2 is 1.83 bits per heavy atom. The van der Waals surface area contributed by atoms with Crippen molar-refractivity contribution in [1.82, 2.24) is 4.90 Å². The maximum absolute atomic E-state index is 5.97. The van der Waals surface area contributed by atoms with Crippen LogP contribution in [0, 0.1) is 0 Å². The van der Waals surface area contributed by atoms with Gasteiger partial charge in [-0.2, -0.15) is 0 Å². The molecule has 2 nitrogen and oxygen atoms in total. The zero-order chi connectivity index (χ0) is 7.78. The van der Waals surface area contributed by atoms with Gasteiger partial charge in [-0.3, -0.25) is 0 Å². The van der Waals surface area contributed by atoms with Gasteiger partial charge < -0.3 is 10.6 Å². The molecule has 0 saturated heterocycles. The van der Waals surface area contributed by atoms with Crippen molar-refractivity contribution >= 4 is 24.8 Å². The molecule has 12 heavy (non-hydrogen) atoms. The van der Waals surface area contributed by atoms with Crippen molar-refractivity contribution in [3.05, 3.63) is 0 Å². The molecule has 76 valence electrons. The number of rotatable bonds is 1. The molecule has 0 spiro atoms. The molecule has 1 aliphatic carbocycles. The van der Waals surface area contributed by atoms with Crippen molar-refractivity contribution in [2.24, 2.45) is 5.73 Å². The van der Waals surface area contributed by atoms with Crippen molar-refractivity contribution in [2.75, 3.05) is 14.1 Å². The molecule has 0 radical (unpaired) electrons. The smallest absolute Gasteiger partial charge is 0.0326 e.